The summed E-state index contributed by atoms with van der Waals surface area (Å²) in [5.74, 6) is -0.0185. The maximum atomic E-state index is 12.4. The molecular formula is C17H13F3O3. The first kappa shape index (κ1) is 16.6. The number of ether oxygens (including phenoxy) is 2. The van der Waals surface area contributed by atoms with E-state index in [1.165, 1.54) is 0 Å². The molecule has 0 amide bonds. The van der Waals surface area contributed by atoms with Crippen molar-refractivity contribution in [2.75, 3.05) is 6.61 Å². The number of rotatable bonds is 4. The van der Waals surface area contributed by atoms with E-state index in [9.17, 15) is 18.0 Å². The van der Waals surface area contributed by atoms with Gasteiger partial charge in [-0.2, -0.15) is 13.2 Å². The van der Waals surface area contributed by atoms with Gasteiger partial charge in [0.05, 0.1) is 5.56 Å². The zero-order valence-electron chi connectivity index (χ0n) is 11.9. The molecule has 6 heteroatoms. The number of carbonyl (C=O) groups is 1. The molecule has 23 heavy (non-hydrogen) atoms. The summed E-state index contributed by atoms with van der Waals surface area (Å²) in [6.45, 7) is -0.00559. The summed E-state index contributed by atoms with van der Waals surface area (Å²) in [6.07, 6.45) is -2.02. The fourth-order valence-corrected chi connectivity index (χ4v) is 1.70. The maximum Gasteiger partial charge on any atom is 0.514 e. The van der Waals surface area contributed by atoms with Crippen molar-refractivity contribution >= 4 is 12.2 Å². The van der Waals surface area contributed by atoms with Gasteiger partial charge >= 0.3 is 12.3 Å². The lowest BCUT2D eigenvalue weighted by Crippen LogP contribution is -2.11. The Morgan fingerprint density at radius 2 is 1.65 bits per heavy atom. The third-order valence-corrected chi connectivity index (χ3v) is 2.79. The van der Waals surface area contributed by atoms with Crippen LogP contribution in [0.25, 0.3) is 6.08 Å². The fourth-order valence-electron chi connectivity index (χ4n) is 1.70. The summed E-state index contributed by atoms with van der Waals surface area (Å²) >= 11 is 0. The number of alkyl halides is 3. The zero-order chi connectivity index (χ0) is 16.7. The van der Waals surface area contributed by atoms with Crippen LogP contribution in [0.1, 0.15) is 11.1 Å². The molecule has 0 heterocycles. The first-order valence-electron chi connectivity index (χ1n) is 6.68. The second-order valence-corrected chi connectivity index (χ2v) is 4.50. The molecular weight excluding hydrogens is 309 g/mol. The summed E-state index contributed by atoms with van der Waals surface area (Å²) in [4.78, 5) is 11.4. The third-order valence-electron chi connectivity index (χ3n) is 2.79. The maximum absolute atomic E-state index is 12.4. The smallest absolute Gasteiger partial charge is 0.430 e. The van der Waals surface area contributed by atoms with Gasteiger partial charge in [-0.3, -0.25) is 0 Å². The Labute approximate surface area is 131 Å². The van der Waals surface area contributed by atoms with Gasteiger partial charge in [-0.1, -0.05) is 36.4 Å². The Bertz CT molecular complexity index is 662. The van der Waals surface area contributed by atoms with Gasteiger partial charge in [-0.25, -0.2) is 4.79 Å². The van der Waals surface area contributed by atoms with Crippen molar-refractivity contribution in [3.8, 4) is 5.75 Å². The first-order valence-corrected chi connectivity index (χ1v) is 6.68. The van der Waals surface area contributed by atoms with Crippen LogP contribution in [0, 0.1) is 0 Å². The highest BCUT2D eigenvalue weighted by Gasteiger charge is 2.30. The highest BCUT2D eigenvalue weighted by atomic mass is 19.4. The van der Waals surface area contributed by atoms with Gasteiger partial charge in [0.1, 0.15) is 12.4 Å². The molecule has 0 aromatic heterocycles. The van der Waals surface area contributed by atoms with Gasteiger partial charge in [0.25, 0.3) is 0 Å². The predicted molar refractivity (Wildman–Crippen MR) is 78.9 cm³/mol. The quantitative estimate of drug-likeness (QED) is 0.591. The van der Waals surface area contributed by atoms with E-state index in [1.54, 1.807) is 12.2 Å². The van der Waals surface area contributed by atoms with Gasteiger partial charge < -0.3 is 9.47 Å². The van der Waals surface area contributed by atoms with Crippen LogP contribution in [0.5, 0.6) is 5.75 Å². The Kier molecular flexibility index (Phi) is 5.41. The normalized spacial score (nSPS) is 11.4. The van der Waals surface area contributed by atoms with Crippen molar-refractivity contribution < 1.29 is 27.4 Å². The monoisotopic (exact) mass is 322 g/mol. The van der Waals surface area contributed by atoms with Crippen LogP contribution >= 0.6 is 0 Å². The van der Waals surface area contributed by atoms with Crippen molar-refractivity contribution in [3.05, 3.63) is 71.8 Å². The molecule has 0 aliphatic heterocycles. The zero-order valence-corrected chi connectivity index (χ0v) is 11.9. The summed E-state index contributed by atoms with van der Waals surface area (Å²) in [6, 6.07) is 13.2. The van der Waals surface area contributed by atoms with Crippen molar-refractivity contribution in [2.45, 2.75) is 6.18 Å². The third kappa shape index (κ3) is 5.50. The van der Waals surface area contributed by atoms with Gasteiger partial charge in [0.15, 0.2) is 0 Å². The summed E-state index contributed by atoms with van der Waals surface area (Å²) < 4.78 is 46.7. The lowest BCUT2D eigenvalue weighted by Gasteiger charge is -2.07. The Hall–Kier alpha value is -2.76. The number of hydrogen-bond donors (Lipinski definition) is 0. The van der Waals surface area contributed by atoms with E-state index in [1.807, 2.05) is 30.3 Å². The van der Waals surface area contributed by atoms with E-state index in [4.69, 9.17) is 9.47 Å². The van der Waals surface area contributed by atoms with Gasteiger partial charge in [-0.15, -0.1) is 0 Å². The summed E-state index contributed by atoms with van der Waals surface area (Å²) in [7, 11) is 0. The SMILES string of the molecule is O=C(OC/C=C/c1ccccc1)Oc1ccc(C(F)(F)F)cc1. The summed E-state index contributed by atoms with van der Waals surface area (Å²) in [5.41, 5.74) is 0.135. The van der Waals surface area contributed by atoms with E-state index in [0.29, 0.717) is 0 Å². The second kappa shape index (κ2) is 7.49. The molecule has 0 N–H and O–H groups in total. The Balaban J connectivity index is 1.80. The highest BCUT2D eigenvalue weighted by molar-refractivity contribution is 5.64. The second-order valence-electron chi connectivity index (χ2n) is 4.50. The minimum atomic E-state index is -4.43. The fraction of sp³-hybridized carbons (Fsp3) is 0.118. The van der Waals surface area contributed by atoms with Crippen LogP contribution in [0.4, 0.5) is 18.0 Å². The van der Waals surface area contributed by atoms with Gasteiger partial charge in [0.2, 0.25) is 0 Å². The average molecular weight is 322 g/mol. The molecule has 0 atom stereocenters. The Morgan fingerprint density at radius 3 is 2.26 bits per heavy atom. The van der Waals surface area contributed by atoms with Gasteiger partial charge in [-0.05, 0) is 35.9 Å². The molecule has 2 aromatic carbocycles. The molecule has 3 nitrogen and oxygen atoms in total. The average Bonchev–Trinajstić information content (AvgIpc) is 2.52. The topological polar surface area (TPSA) is 35.5 Å². The minimum absolute atomic E-state index is 0.00559. The highest BCUT2D eigenvalue weighted by Crippen LogP contribution is 2.30. The standard InChI is InChI=1S/C17H13F3O3/c18-17(19,20)14-8-10-15(11-9-14)23-16(21)22-12-4-7-13-5-2-1-3-6-13/h1-11H,12H2/b7-4+. The van der Waals surface area contributed by atoms with Crippen LogP contribution in [0.3, 0.4) is 0 Å². The number of hydrogen-bond acceptors (Lipinski definition) is 3. The van der Waals surface area contributed by atoms with E-state index < -0.39 is 17.9 Å². The molecule has 0 radical (unpaired) electrons. The minimum Gasteiger partial charge on any atom is -0.430 e. The van der Waals surface area contributed by atoms with Crippen molar-refractivity contribution in [2.24, 2.45) is 0 Å². The van der Waals surface area contributed by atoms with Crippen molar-refractivity contribution in [1.29, 1.82) is 0 Å². The predicted octanol–water partition coefficient (Wildman–Crippen LogP) is 4.93. The van der Waals surface area contributed by atoms with E-state index >= 15 is 0 Å². The van der Waals surface area contributed by atoms with Crippen molar-refractivity contribution in [1.82, 2.24) is 0 Å². The van der Waals surface area contributed by atoms with Crippen LogP contribution in [0.2, 0.25) is 0 Å². The van der Waals surface area contributed by atoms with Crippen LogP contribution in [-0.2, 0) is 10.9 Å². The molecule has 0 fully saturated rings. The Morgan fingerprint density at radius 1 is 1.00 bits per heavy atom. The van der Waals surface area contributed by atoms with Crippen LogP contribution in [-0.4, -0.2) is 12.8 Å². The van der Waals surface area contributed by atoms with Gasteiger partial charge in [0, 0.05) is 0 Å². The molecule has 0 saturated carbocycles. The largest absolute Gasteiger partial charge is 0.514 e. The lowest BCUT2D eigenvalue weighted by atomic mass is 10.2. The number of carbonyl (C=O) groups excluding carboxylic acids is 1. The molecule has 2 rings (SSSR count). The number of halogens is 3. The molecule has 120 valence electrons. The number of benzene rings is 2. The first-order chi connectivity index (χ1) is 10.9. The van der Waals surface area contributed by atoms with Crippen LogP contribution in [0.15, 0.2) is 60.7 Å². The molecule has 2 aromatic rings. The molecule has 0 spiro atoms. The van der Waals surface area contributed by atoms with E-state index in [2.05, 4.69) is 0 Å². The molecule has 0 aliphatic rings. The van der Waals surface area contributed by atoms with E-state index in [0.717, 1.165) is 29.8 Å². The molecule has 0 bridgehead atoms. The van der Waals surface area contributed by atoms with E-state index in [-0.39, 0.29) is 12.4 Å². The van der Waals surface area contributed by atoms with Crippen LogP contribution < -0.4 is 4.74 Å². The molecule has 0 unspecified atom stereocenters. The van der Waals surface area contributed by atoms with Crippen molar-refractivity contribution in [3.63, 3.8) is 0 Å². The summed E-state index contributed by atoms with van der Waals surface area (Å²) in [5, 5.41) is 0. The molecule has 0 aliphatic carbocycles. The molecule has 0 saturated heterocycles. The lowest BCUT2D eigenvalue weighted by molar-refractivity contribution is -0.137.